The number of hydrogen-bond donors (Lipinski definition) is 2. The predicted molar refractivity (Wildman–Crippen MR) is 110 cm³/mol. The van der Waals surface area contributed by atoms with E-state index in [4.69, 9.17) is 13.9 Å². The minimum atomic E-state index is -0.440. The van der Waals surface area contributed by atoms with Gasteiger partial charge in [0.2, 0.25) is 6.79 Å². The zero-order valence-electron chi connectivity index (χ0n) is 16.3. The third-order valence-corrected chi connectivity index (χ3v) is 4.52. The van der Waals surface area contributed by atoms with E-state index in [0.717, 1.165) is 5.56 Å². The van der Waals surface area contributed by atoms with E-state index < -0.39 is 5.91 Å². The van der Waals surface area contributed by atoms with E-state index in [9.17, 15) is 9.59 Å². The van der Waals surface area contributed by atoms with Crippen LogP contribution in [0, 0.1) is 6.92 Å². The van der Waals surface area contributed by atoms with Gasteiger partial charge in [-0.3, -0.25) is 9.59 Å². The molecule has 0 aliphatic carbocycles. The van der Waals surface area contributed by atoms with Crippen molar-refractivity contribution in [2.45, 2.75) is 13.5 Å². The number of carbonyl (C=O) groups excluding carboxylic acids is 2. The average molecular weight is 404 g/mol. The predicted octanol–water partition coefficient (Wildman–Crippen LogP) is 3.40. The van der Waals surface area contributed by atoms with Crippen LogP contribution in [0.15, 0.2) is 71.0 Å². The molecule has 0 spiro atoms. The summed E-state index contributed by atoms with van der Waals surface area (Å²) in [5.74, 6) is 1.01. The number of furan rings is 1. The van der Waals surface area contributed by atoms with E-state index in [0.29, 0.717) is 28.4 Å². The summed E-state index contributed by atoms with van der Waals surface area (Å²) >= 11 is 0. The van der Waals surface area contributed by atoms with Crippen LogP contribution in [0.2, 0.25) is 0 Å². The lowest BCUT2D eigenvalue weighted by molar-refractivity contribution is -0.118. The molecule has 0 saturated carbocycles. The molecular weight excluding hydrogens is 384 g/mol. The smallest absolute Gasteiger partial charge is 0.268 e. The Labute approximate surface area is 173 Å². The molecule has 0 bridgehead atoms. The van der Waals surface area contributed by atoms with Crippen LogP contribution in [0.3, 0.4) is 0 Å². The Morgan fingerprint density at radius 3 is 2.60 bits per heavy atom. The van der Waals surface area contributed by atoms with Crippen LogP contribution < -0.4 is 20.1 Å². The van der Waals surface area contributed by atoms with Gasteiger partial charge in [-0.05, 0) is 55.0 Å². The van der Waals surface area contributed by atoms with Crippen LogP contribution in [-0.4, -0.2) is 18.6 Å². The summed E-state index contributed by atoms with van der Waals surface area (Å²) in [6.07, 6.45) is 3.12. The van der Waals surface area contributed by atoms with Crippen molar-refractivity contribution in [3.63, 3.8) is 0 Å². The monoisotopic (exact) mass is 404 g/mol. The molecule has 0 radical (unpaired) electrons. The van der Waals surface area contributed by atoms with Gasteiger partial charge in [0, 0.05) is 5.56 Å². The van der Waals surface area contributed by atoms with E-state index in [1.807, 2.05) is 19.1 Å². The molecular formula is C23H20N2O5. The van der Waals surface area contributed by atoms with Crippen molar-refractivity contribution in [1.29, 1.82) is 0 Å². The van der Waals surface area contributed by atoms with Gasteiger partial charge in [0.05, 0.1) is 12.8 Å². The second-order valence-corrected chi connectivity index (χ2v) is 6.75. The number of aryl methyl sites for hydroxylation is 1. The number of fused-ring (bicyclic) bond motifs is 1. The molecule has 1 aliphatic heterocycles. The number of hydrogen-bond acceptors (Lipinski definition) is 5. The van der Waals surface area contributed by atoms with Gasteiger partial charge in [0.1, 0.15) is 11.5 Å². The summed E-state index contributed by atoms with van der Waals surface area (Å²) in [5.41, 5.74) is 2.28. The standard InChI is InChI=1S/C23H20N2O5/c1-15-4-7-17(8-5-15)22(26)25-19(23(27)24-13-18-3-2-10-28-18)11-16-6-9-20-21(12-16)30-14-29-20/h2-12H,13-14H2,1H3,(H,24,27)(H,25,26). The third kappa shape index (κ3) is 4.52. The summed E-state index contributed by atoms with van der Waals surface area (Å²) in [6, 6.07) is 15.9. The van der Waals surface area contributed by atoms with Crippen LogP contribution in [0.25, 0.3) is 6.08 Å². The Hall–Kier alpha value is -4.00. The first-order valence-electron chi connectivity index (χ1n) is 9.38. The molecule has 2 amide bonds. The van der Waals surface area contributed by atoms with Crippen molar-refractivity contribution < 1.29 is 23.5 Å². The van der Waals surface area contributed by atoms with Gasteiger partial charge in [-0.2, -0.15) is 0 Å². The van der Waals surface area contributed by atoms with E-state index >= 15 is 0 Å². The van der Waals surface area contributed by atoms with Crippen LogP contribution in [-0.2, 0) is 11.3 Å². The molecule has 2 aromatic carbocycles. The van der Waals surface area contributed by atoms with Crippen molar-refractivity contribution in [2.24, 2.45) is 0 Å². The summed E-state index contributed by atoms with van der Waals surface area (Å²) < 4.78 is 15.9. The van der Waals surface area contributed by atoms with E-state index in [1.54, 1.807) is 48.5 Å². The number of benzene rings is 2. The number of nitrogens with one attached hydrogen (secondary N) is 2. The van der Waals surface area contributed by atoms with Gasteiger partial charge in [-0.1, -0.05) is 23.8 Å². The Morgan fingerprint density at radius 2 is 1.83 bits per heavy atom. The zero-order chi connectivity index (χ0) is 20.9. The van der Waals surface area contributed by atoms with E-state index in [2.05, 4.69) is 10.6 Å². The molecule has 152 valence electrons. The molecule has 30 heavy (non-hydrogen) atoms. The third-order valence-electron chi connectivity index (χ3n) is 4.52. The first-order valence-corrected chi connectivity index (χ1v) is 9.38. The van der Waals surface area contributed by atoms with Crippen LogP contribution in [0.4, 0.5) is 0 Å². The van der Waals surface area contributed by atoms with Gasteiger partial charge in [0.25, 0.3) is 11.8 Å². The molecule has 7 heteroatoms. The van der Waals surface area contributed by atoms with Gasteiger partial charge in [-0.15, -0.1) is 0 Å². The normalized spacial score (nSPS) is 12.5. The fourth-order valence-corrected chi connectivity index (χ4v) is 2.90. The fraction of sp³-hybridized carbons (Fsp3) is 0.130. The van der Waals surface area contributed by atoms with Crippen molar-refractivity contribution in [3.05, 3.63) is 89.0 Å². The minimum absolute atomic E-state index is 0.103. The van der Waals surface area contributed by atoms with Gasteiger partial charge in [0.15, 0.2) is 11.5 Å². The Morgan fingerprint density at radius 1 is 1.03 bits per heavy atom. The maximum absolute atomic E-state index is 12.8. The first kappa shape index (κ1) is 19.3. The van der Waals surface area contributed by atoms with Gasteiger partial charge >= 0.3 is 0 Å². The maximum atomic E-state index is 12.8. The lowest BCUT2D eigenvalue weighted by Crippen LogP contribution is -2.34. The zero-order valence-corrected chi connectivity index (χ0v) is 16.3. The highest BCUT2D eigenvalue weighted by Crippen LogP contribution is 2.33. The molecule has 0 atom stereocenters. The number of ether oxygens (including phenoxy) is 2. The second-order valence-electron chi connectivity index (χ2n) is 6.75. The van der Waals surface area contributed by atoms with Crippen molar-refractivity contribution >= 4 is 17.9 Å². The lowest BCUT2D eigenvalue weighted by Gasteiger charge is -2.11. The summed E-state index contributed by atoms with van der Waals surface area (Å²) in [5, 5.41) is 5.46. The molecule has 0 fully saturated rings. The highest BCUT2D eigenvalue weighted by atomic mass is 16.7. The quantitative estimate of drug-likeness (QED) is 0.615. The minimum Gasteiger partial charge on any atom is -0.467 e. The Balaban J connectivity index is 1.57. The molecule has 4 rings (SSSR count). The summed E-state index contributed by atoms with van der Waals surface area (Å²) in [4.78, 5) is 25.5. The first-order chi connectivity index (χ1) is 14.6. The van der Waals surface area contributed by atoms with E-state index in [1.165, 1.54) is 6.26 Å². The molecule has 2 N–H and O–H groups in total. The van der Waals surface area contributed by atoms with Crippen molar-refractivity contribution in [1.82, 2.24) is 10.6 Å². The Kier molecular flexibility index (Phi) is 5.52. The van der Waals surface area contributed by atoms with Crippen LogP contribution >= 0.6 is 0 Å². The average Bonchev–Trinajstić information content (AvgIpc) is 3.43. The van der Waals surface area contributed by atoms with Gasteiger partial charge in [-0.25, -0.2) is 0 Å². The second kappa shape index (κ2) is 8.57. The number of amides is 2. The number of carbonyl (C=O) groups is 2. The lowest BCUT2D eigenvalue weighted by atomic mass is 10.1. The molecule has 1 aliphatic rings. The fourth-order valence-electron chi connectivity index (χ4n) is 2.90. The SMILES string of the molecule is Cc1ccc(C(=O)NC(=Cc2ccc3c(c2)OCO3)C(=O)NCc2ccco2)cc1. The largest absolute Gasteiger partial charge is 0.467 e. The molecule has 0 saturated heterocycles. The van der Waals surface area contributed by atoms with Crippen LogP contribution in [0.1, 0.15) is 27.2 Å². The van der Waals surface area contributed by atoms with Crippen molar-refractivity contribution in [2.75, 3.05) is 6.79 Å². The van der Waals surface area contributed by atoms with Gasteiger partial charge < -0.3 is 24.5 Å². The van der Waals surface area contributed by atoms with Crippen LogP contribution in [0.5, 0.6) is 11.5 Å². The molecule has 1 aromatic heterocycles. The molecule has 2 heterocycles. The highest BCUT2D eigenvalue weighted by molar-refractivity contribution is 6.05. The number of rotatable bonds is 6. The summed E-state index contributed by atoms with van der Waals surface area (Å²) in [7, 11) is 0. The molecule has 7 nitrogen and oxygen atoms in total. The summed E-state index contributed by atoms with van der Waals surface area (Å²) in [6.45, 7) is 2.29. The molecule has 0 unspecified atom stereocenters. The topological polar surface area (TPSA) is 89.8 Å². The van der Waals surface area contributed by atoms with Crippen molar-refractivity contribution in [3.8, 4) is 11.5 Å². The maximum Gasteiger partial charge on any atom is 0.268 e. The Bertz CT molecular complexity index is 1090. The molecule has 3 aromatic rings. The highest BCUT2D eigenvalue weighted by Gasteiger charge is 2.17. The van der Waals surface area contributed by atoms with E-state index in [-0.39, 0.29) is 24.9 Å².